The summed E-state index contributed by atoms with van der Waals surface area (Å²) in [5, 5.41) is 2.82. The number of rotatable bonds is 6. The molecule has 0 aliphatic heterocycles. The van der Waals surface area contributed by atoms with Crippen LogP contribution in [-0.2, 0) is 4.79 Å². The number of nitrogens with one attached hydrogen (secondary N) is 1. The summed E-state index contributed by atoms with van der Waals surface area (Å²) in [6, 6.07) is 7.73. The van der Waals surface area contributed by atoms with Gasteiger partial charge in [0.15, 0.2) is 0 Å². The third kappa shape index (κ3) is 4.69. The maximum atomic E-state index is 11.7. The maximum absolute atomic E-state index is 11.7. The Labute approximate surface area is 107 Å². The number of ether oxygens (including phenoxy) is 1. The van der Waals surface area contributed by atoms with Gasteiger partial charge < -0.3 is 10.1 Å². The molecule has 0 aliphatic carbocycles. The lowest BCUT2D eigenvalue weighted by molar-refractivity contribution is -0.120. The van der Waals surface area contributed by atoms with Crippen LogP contribution in [0.3, 0.4) is 0 Å². The maximum Gasteiger partial charge on any atom is 0.233 e. The fourth-order valence-electron chi connectivity index (χ4n) is 1.30. The monoisotopic (exact) mass is 253 g/mol. The Morgan fingerprint density at radius 2 is 2.06 bits per heavy atom. The lowest BCUT2D eigenvalue weighted by Gasteiger charge is -2.11. The summed E-state index contributed by atoms with van der Waals surface area (Å²) in [6.45, 7) is 4.70. The number of amides is 1. The minimum atomic E-state index is -0.0741. The Morgan fingerprint density at radius 1 is 1.41 bits per heavy atom. The molecule has 1 rings (SSSR count). The Bertz CT molecular complexity index is 351. The van der Waals surface area contributed by atoms with Crippen LogP contribution in [0.5, 0.6) is 5.75 Å². The highest BCUT2D eigenvalue weighted by atomic mass is 32.2. The summed E-state index contributed by atoms with van der Waals surface area (Å²) in [5.74, 6) is 0.921. The van der Waals surface area contributed by atoms with E-state index in [1.165, 1.54) is 0 Å². The molecule has 1 aromatic carbocycles. The van der Waals surface area contributed by atoms with Gasteiger partial charge in [-0.2, -0.15) is 0 Å². The molecule has 1 atom stereocenters. The van der Waals surface area contributed by atoms with E-state index < -0.39 is 0 Å². The van der Waals surface area contributed by atoms with Gasteiger partial charge in [-0.3, -0.25) is 4.79 Å². The average Bonchev–Trinajstić information content (AvgIpc) is 2.36. The molecule has 0 bridgehead atoms. The molecule has 0 fully saturated rings. The first-order chi connectivity index (χ1) is 8.17. The van der Waals surface area contributed by atoms with Crippen molar-refractivity contribution < 1.29 is 9.53 Å². The predicted molar refractivity (Wildman–Crippen MR) is 71.6 cm³/mol. The van der Waals surface area contributed by atoms with E-state index >= 15 is 0 Å². The number of carbonyl (C=O) groups is 1. The molecule has 1 N–H and O–H groups in total. The Balaban J connectivity index is 2.49. The number of thioether (sulfide) groups is 1. The smallest absolute Gasteiger partial charge is 0.233 e. The Hall–Kier alpha value is -1.16. The van der Waals surface area contributed by atoms with Gasteiger partial charge in [-0.1, -0.05) is 6.92 Å². The highest BCUT2D eigenvalue weighted by Crippen LogP contribution is 2.25. The van der Waals surface area contributed by atoms with Crippen LogP contribution in [-0.4, -0.2) is 24.8 Å². The first kappa shape index (κ1) is 13.9. The molecule has 1 amide bonds. The van der Waals surface area contributed by atoms with Crippen LogP contribution in [0.1, 0.15) is 20.3 Å². The first-order valence-corrected chi connectivity index (χ1v) is 6.63. The van der Waals surface area contributed by atoms with Crippen LogP contribution in [0.15, 0.2) is 29.2 Å². The molecule has 3 nitrogen and oxygen atoms in total. The van der Waals surface area contributed by atoms with E-state index in [0.717, 1.165) is 23.6 Å². The molecule has 0 saturated carbocycles. The Kier molecular flexibility index (Phi) is 5.91. The van der Waals surface area contributed by atoms with Crippen LogP contribution < -0.4 is 10.1 Å². The molecule has 0 radical (unpaired) electrons. The second kappa shape index (κ2) is 7.22. The van der Waals surface area contributed by atoms with Gasteiger partial charge in [-0.15, -0.1) is 11.8 Å². The summed E-state index contributed by atoms with van der Waals surface area (Å²) in [7, 11) is 1.64. The summed E-state index contributed by atoms with van der Waals surface area (Å²) in [4.78, 5) is 12.7. The van der Waals surface area contributed by atoms with Crippen LogP contribution in [0, 0.1) is 0 Å². The number of carbonyl (C=O) groups excluding carboxylic acids is 1. The van der Waals surface area contributed by atoms with Crippen molar-refractivity contribution in [1.29, 1.82) is 0 Å². The zero-order chi connectivity index (χ0) is 12.7. The lowest BCUT2D eigenvalue weighted by atomic mass is 10.3. The van der Waals surface area contributed by atoms with Crippen molar-refractivity contribution >= 4 is 17.7 Å². The van der Waals surface area contributed by atoms with Gasteiger partial charge in [0.25, 0.3) is 0 Å². The van der Waals surface area contributed by atoms with Gasteiger partial charge in [-0.05, 0) is 37.6 Å². The second-order valence-corrected chi connectivity index (χ2v) is 5.14. The van der Waals surface area contributed by atoms with Gasteiger partial charge in [-0.25, -0.2) is 0 Å². The van der Waals surface area contributed by atoms with Crippen molar-refractivity contribution in [3.05, 3.63) is 24.3 Å². The summed E-state index contributed by atoms with van der Waals surface area (Å²) in [5.41, 5.74) is 0. The molecular weight excluding hydrogens is 234 g/mol. The summed E-state index contributed by atoms with van der Waals surface area (Å²) >= 11 is 1.55. The van der Waals surface area contributed by atoms with E-state index in [4.69, 9.17) is 4.74 Å². The zero-order valence-corrected chi connectivity index (χ0v) is 11.3. The molecule has 17 heavy (non-hydrogen) atoms. The molecule has 0 spiro atoms. The van der Waals surface area contributed by atoms with Crippen molar-refractivity contribution in [2.75, 3.05) is 13.7 Å². The van der Waals surface area contributed by atoms with Crippen LogP contribution in [0.25, 0.3) is 0 Å². The quantitative estimate of drug-likeness (QED) is 0.792. The molecule has 1 aromatic rings. The first-order valence-electron chi connectivity index (χ1n) is 5.75. The van der Waals surface area contributed by atoms with Crippen molar-refractivity contribution in [2.24, 2.45) is 0 Å². The molecule has 0 saturated heterocycles. The highest BCUT2D eigenvalue weighted by molar-refractivity contribution is 8.00. The zero-order valence-electron chi connectivity index (χ0n) is 10.5. The Morgan fingerprint density at radius 3 is 2.59 bits per heavy atom. The van der Waals surface area contributed by atoms with Crippen molar-refractivity contribution in [2.45, 2.75) is 30.4 Å². The van der Waals surface area contributed by atoms with Crippen molar-refractivity contribution in [1.82, 2.24) is 5.32 Å². The highest BCUT2D eigenvalue weighted by Gasteiger charge is 2.13. The number of hydrogen-bond acceptors (Lipinski definition) is 3. The van der Waals surface area contributed by atoms with Crippen LogP contribution in [0.4, 0.5) is 0 Å². The number of benzene rings is 1. The normalized spacial score (nSPS) is 11.9. The van der Waals surface area contributed by atoms with E-state index in [0.29, 0.717) is 0 Å². The van der Waals surface area contributed by atoms with Crippen molar-refractivity contribution in [3.8, 4) is 5.75 Å². The van der Waals surface area contributed by atoms with E-state index in [-0.39, 0.29) is 11.2 Å². The van der Waals surface area contributed by atoms with E-state index in [1.54, 1.807) is 18.9 Å². The molecule has 0 aliphatic rings. The van der Waals surface area contributed by atoms with E-state index in [9.17, 15) is 4.79 Å². The lowest BCUT2D eigenvalue weighted by Crippen LogP contribution is -2.31. The molecule has 0 aromatic heterocycles. The fraction of sp³-hybridized carbons (Fsp3) is 0.462. The molecule has 94 valence electrons. The topological polar surface area (TPSA) is 38.3 Å². The number of hydrogen-bond donors (Lipinski definition) is 1. The van der Waals surface area contributed by atoms with Crippen molar-refractivity contribution in [3.63, 3.8) is 0 Å². The van der Waals surface area contributed by atoms with E-state index in [1.807, 2.05) is 38.1 Å². The SMILES string of the molecule is CCCNC(=O)[C@@H](C)Sc1ccc(OC)cc1. The van der Waals surface area contributed by atoms with Gasteiger partial charge >= 0.3 is 0 Å². The summed E-state index contributed by atoms with van der Waals surface area (Å²) in [6.07, 6.45) is 0.964. The van der Waals surface area contributed by atoms with Crippen LogP contribution in [0.2, 0.25) is 0 Å². The standard InChI is InChI=1S/C13H19NO2S/c1-4-9-14-13(15)10(2)17-12-7-5-11(16-3)6-8-12/h5-8,10H,4,9H2,1-3H3,(H,14,15)/t10-/m1/s1. The average molecular weight is 253 g/mol. The largest absolute Gasteiger partial charge is 0.497 e. The fourth-order valence-corrected chi connectivity index (χ4v) is 2.20. The third-order valence-corrected chi connectivity index (χ3v) is 3.40. The summed E-state index contributed by atoms with van der Waals surface area (Å²) < 4.78 is 5.09. The van der Waals surface area contributed by atoms with Gasteiger partial charge in [0.05, 0.1) is 12.4 Å². The van der Waals surface area contributed by atoms with Gasteiger partial charge in [0.1, 0.15) is 5.75 Å². The van der Waals surface area contributed by atoms with Gasteiger partial charge in [0, 0.05) is 11.4 Å². The van der Waals surface area contributed by atoms with Crippen LogP contribution >= 0.6 is 11.8 Å². The second-order valence-electron chi connectivity index (χ2n) is 3.73. The predicted octanol–water partition coefficient (Wildman–Crippen LogP) is 2.70. The number of methoxy groups -OCH3 is 1. The van der Waals surface area contributed by atoms with E-state index in [2.05, 4.69) is 5.32 Å². The minimum absolute atomic E-state index is 0.0741. The third-order valence-electron chi connectivity index (χ3n) is 2.29. The molecular formula is C13H19NO2S. The molecule has 4 heteroatoms. The minimum Gasteiger partial charge on any atom is -0.497 e. The van der Waals surface area contributed by atoms with Gasteiger partial charge in [0.2, 0.25) is 5.91 Å². The molecule has 0 unspecified atom stereocenters. The molecule has 0 heterocycles.